The first kappa shape index (κ1) is 32.2. The van der Waals surface area contributed by atoms with Crippen molar-refractivity contribution in [3.05, 3.63) is 168 Å². The van der Waals surface area contributed by atoms with Crippen molar-refractivity contribution in [1.29, 1.82) is 0 Å². The lowest BCUT2D eigenvalue weighted by Crippen LogP contribution is -1.89. The Morgan fingerprint density at radius 1 is 0.404 bits per heavy atom. The Kier molecular flexibility index (Phi) is 8.70. The van der Waals surface area contributed by atoms with Crippen LogP contribution in [0, 0.1) is 0 Å². The second-order valence-corrected chi connectivity index (χ2v) is 12.5. The Labute approximate surface area is 301 Å². The van der Waals surface area contributed by atoms with Gasteiger partial charge in [0.1, 0.15) is 0 Å². The molecule has 0 saturated carbocycles. The van der Waals surface area contributed by atoms with Crippen LogP contribution in [0.3, 0.4) is 0 Å². The number of carboxylic acids is 1. The largest absolute Gasteiger partial charge is 0.481 e. The molecule has 5 heterocycles. The number of H-pyrrole nitrogens is 2. The maximum atomic E-state index is 9.00. The number of aromatic amines is 2. The molecule has 2 aliphatic heterocycles. The smallest absolute Gasteiger partial charge is 0.300 e. The van der Waals surface area contributed by atoms with Crippen molar-refractivity contribution < 1.29 is 9.90 Å². The van der Waals surface area contributed by atoms with Crippen molar-refractivity contribution in [3.63, 3.8) is 0 Å². The molecule has 8 bridgehead atoms. The molecule has 2 aliphatic rings. The lowest BCUT2D eigenvalue weighted by molar-refractivity contribution is -0.134. The zero-order chi connectivity index (χ0) is 35.4. The first-order valence-electron chi connectivity index (χ1n) is 17.1. The van der Waals surface area contributed by atoms with E-state index in [1.165, 1.54) is 0 Å². The van der Waals surface area contributed by atoms with Gasteiger partial charge in [-0.05, 0) is 70.8 Å². The predicted octanol–water partition coefficient (Wildman–Crippen LogP) is 11.4. The Balaban J connectivity index is 0.000000922. The first-order chi connectivity index (χ1) is 25.5. The van der Waals surface area contributed by atoms with Crippen molar-refractivity contribution in [1.82, 2.24) is 19.9 Å². The molecule has 52 heavy (non-hydrogen) atoms. The normalized spacial score (nSPS) is 11.6. The number of carboxylic acid groups (broad SMARTS) is 1. The zero-order valence-corrected chi connectivity index (χ0v) is 28.4. The zero-order valence-electron chi connectivity index (χ0n) is 28.4. The summed E-state index contributed by atoms with van der Waals surface area (Å²) in [6, 6.07) is 50.7. The van der Waals surface area contributed by atoms with Gasteiger partial charge in [0.2, 0.25) is 0 Å². The Morgan fingerprint density at radius 3 is 0.827 bits per heavy atom. The molecule has 3 N–H and O–H groups in total. The highest BCUT2D eigenvalue weighted by Crippen LogP contribution is 2.38. The van der Waals surface area contributed by atoms with Crippen LogP contribution >= 0.6 is 0 Å². The predicted molar refractivity (Wildman–Crippen MR) is 214 cm³/mol. The van der Waals surface area contributed by atoms with Crippen molar-refractivity contribution in [3.8, 4) is 44.5 Å². The molecule has 3 aromatic heterocycles. The van der Waals surface area contributed by atoms with Crippen LogP contribution < -0.4 is 0 Å². The number of hydrogen-bond acceptors (Lipinski definition) is 3. The molecule has 0 radical (unpaired) electrons. The molecule has 4 aromatic carbocycles. The minimum atomic E-state index is -0.833. The maximum absolute atomic E-state index is 9.00. The van der Waals surface area contributed by atoms with Crippen LogP contribution in [0.4, 0.5) is 0 Å². The molecule has 0 spiro atoms. The summed E-state index contributed by atoms with van der Waals surface area (Å²) in [5.74, 6) is -0.833. The second-order valence-electron chi connectivity index (χ2n) is 12.5. The van der Waals surface area contributed by atoms with Crippen LogP contribution in [-0.4, -0.2) is 31.0 Å². The Bertz CT molecular complexity index is 2290. The fraction of sp³-hybridized carbons (Fsp3) is 0.0217. The summed E-state index contributed by atoms with van der Waals surface area (Å²) in [5.41, 5.74) is 16.2. The molecule has 9 rings (SSSR count). The summed E-state index contributed by atoms with van der Waals surface area (Å²) in [7, 11) is 0. The minimum Gasteiger partial charge on any atom is -0.481 e. The second kappa shape index (κ2) is 14.1. The van der Waals surface area contributed by atoms with E-state index in [2.05, 4.69) is 156 Å². The monoisotopic (exact) mass is 674 g/mol. The Hall–Kier alpha value is -7.05. The van der Waals surface area contributed by atoms with E-state index in [9.17, 15) is 0 Å². The summed E-state index contributed by atoms with van der Waals surface area (Å²) < 4.78 is 0. The number of benzene rings is 4. The molecule has 250 valence electrons. The molecule has 0 unspecified atom stereocenters. The van der Waals surface area contributed by atoms with Crippen LogP contribution in [0.15, 0.2) is 146 Å². The van der Waals surface area contributed by atoms with Gasteiger partial charge < -0.3 is 15.1 Å². The number of nitrogens with zero attached hydrogens (tertiary/aromatic N) is 2. The van der Waals surface area contributed by atoms with Gasteiger partial charge in [-0.2, -0.15) is 0 Å². The summed E-state index contributed by atoms with van der Waals surface area (Å²) in [4.78, 5) is 27.3. The number of fused-ring (bicyclic) bond motifs is 8. The molecule has 6 heteroatoms. The van der Waals surface area contributed by atoms with E-state index in [0.717, 1.165) is 96.3 Å². The van der Waals surface area contributed by atoms with Gasteiger partial charge in [-0.25, -0.2) is 9.97 Å². The van der Waals surface area contributed by atoms with E-state index in [1.54, 1.807) is 0 Å². The van der Waals surface area contributed by atoms with Gasteiger partial charge in [-0.1, -0.05) is 121 Å². The highest BCUT2D eigenvalue weighted by Gasteiger charge is 2.18. The minimum absolute atomic E-state index is 0.833. The molecule has 0 atom stereocenters. The van der Waals surface area contributed by atoms with Crippen LogP contribution in [0.5, 0.6) is 0 Å². The third-order valence-corrected chi connectivity index (χ3v) is 9.00. The third kappa shape index (κ3) is 6.37. The van der Waals surface area contributed by atoms with Crippen molar-refractivity contribution in [2.45, 2.75) is 6.92 Å². The van der Waals surface area contributed by atoms with E-state index in [-0.39, 0.29) is 0 Å². The van der Waals surface area contributed by atoms with Gasteiger partial charge in [0.25, 0.3) is 5.97 Å². The number of aliphatic carboxylic acids is 1. The highest BCUT2D eigenvalue weighted by atomic mass is 16.4. The molecular formula is C46H34N4O2. The third-order valence-electron chi connectivity index (χ3n) is 9.00. The summed E-state index contributed by atoms with van der Waals surface area (Å²) >= 11 is 0. The standard InChI is InChI=1S/C44H30N4.C2H4O2/c1-5-13-29(14-6-1)41-33-21-23-35(45-33)42(30-15-7-2-8-16-30)37-25-27-39(47-37)44(32-19-11-4-12-20-32)40-28-26-38(48-40)43(31-17-9-3-10-18-31)36-24-22-34(41)46-36;1-2(3)4/h1-28,45,48H;1H3,(H,3,4). The lowest BCUT2D eigenvalue weighted by Gasteiger charge is -2.07. The maximum Gasteiger partial charge on any atom is 0.300 e. The molecule has 0 amide bonds. The average Bonchev–Trinajstić information content (AvgIpc) is 4.01. The van der Waals surface area contributed by atoms with Crippen LogP contribution in [0.1, 0.15) is 29.7 Å². The quantitative estimate of drug-likeness (QED) is 0.173. The fourth-order valence-corrected chi connectivity index (χ4v) is 6.84. The molecule has 0 saturated heterocycles. The summed E-state index contributed by atoms with van der Waals surface area (Å²) in [5, 5.41) is 7.42. The molecule has 0 fully saturated rings. The fourth-order valence-electron chi connectivity index (χ4n) is 6.84. The van der Waals surface area contributed by atoms with E-state index in [1.807, 2.05) is 24.3 Å². The van der Waals surface area contributed by atoms with Crippen LogP contribution in [0.25, 0.3) is 90.9 Å². The van der Waals surface area contributed by atoms with Gasteiger partial charge >= 0.3 is 0 Å². The summed E-state index contributed by atoms with van der Waals surface area (Å²) in [6.07, 6.45) is 8.54. The highest BCUT2D eigenvalue weighted by molar-refractivity contribution is 5.99. The lowest BCUT2D eigenvalue weighted by atomic mass is 10.0. The van der Waals surface area contributed by atoms with E-state index >= 15 is 0 Å². The van der Waals surface area contributed by atoms with Crippen molar-refractivity contribution in [2.24, 2.45) is 0 Å². The van der Waals surface area contributed by atoms with Gasteiger partial charge in [-0.15, -0.1) is 0 Å². The van der Waals surface area contributed by atoms with Crippen LogP contribution in [-0.2, 0) is 4.79 Å². The number of hydrogen-bond donors (Lipinski definition) is 3. The number of nitrogens with one attached hydrogen (secondary N) is 2. The first-order valence-corrected chi connectivity index (χ1v) is 17.1. The van der Waals surface area contributed by atoms with Crippen molar-refractivity contribution >= 4 is 52.3 Å². The topological polar surface area (TPSA) is 94.7 Å². The van der Waals surface area contributed by atoms with Gasteiger partial charge in [-0.3, -0.25) is 4.79 Å². The Morgan fingerprint density at radius 2 is 0.615 bits per heavy atom. The average molecular weight is 675 g/mol. The van der Waals surface area contributed by atoms with Gasteiger partial charge in [0, 0.05) is 51.2 Å². The van der Waals surface area contributed by atoms with Crippen molar-refractivity contribution in [2.75, 3.05) is 0 Å². The number of rotatable bonds is 4. The van der Waals surface area contributed by atoms with E-state index < -0.39 is 5.97 Å². The number of aromatic nitrogens is 4. The molecule has 7 aromatic rings. The van der Waals surface area contributed by atoms with E-state index in [0.29, 0.717) is 0 Å². The molecule has 0 aliphatic carbocycles. The molecule has 6 nitrogen and oxygen atoms in total. The molecular weight excluding hydrogens is 641 g/mol. The van der Waals surface area contributed by atoms with Gasteiger partial charge in [0.15, 0.2) is 0 Å². The number of carbonyl (C=O) groups is 1. The van der Waals surface area contributed by atoms with Gasteiger partial charge in [0.05, 0.1) is 22.8 Å². The van der Waals surface area contributed by atoms with E-state index in [4.69, 9.17) is 19.9 Å². The SMILES string of the molecule is C1=Cc2nc1c(-c1ccccc1)c1ccc([nH]1)c(-c1ccccc1)c1nc(c(-c3ccccc3)c3ccc([nH]3)c2-c2ccccc2)C=C1.CC(=O)O. The van der Waals surface area contributed by atoms with Crippen LogP contribution in [0.2, 0.25) is 0 Å². The summed E-state index contributed by atoms with van der Waals surface area (Å²) in [6.45, 7) is 1.08.